The van der Waals surface area contributed by atoms with Crippen molar-refractivity contribution in [2.75, 3.05) is 6.54 Å². The highest BCUT2D eigenvalue weighted by Gasteiger charge is 2.32. The molecule has 28 heavy (non-hydrogen) atoms. The maximum Gasteiger partial charge on any atom is 0.273 e. The molecular formula is C25H30N2O. The van der Waals surface area contributed by atoms with E-state index >= 15 is 0 Å². The van der Waals surface area contributed by atoms with E-state index in [9.17, 15) is 4.79 Å². The molecule has 3 heteroatoms. The van der Waals surface area contributed by atoms with Gasteiger partial charge in [-0.15, -0.1) is 0 Å². The molecule has 0 aromatic heterocycles. The Kier molecular flexibility index (Phi) is 5.90. The highest BCUT2D eigenvalue weighted by molar-refractivity contribution is 6.01. The molecule has 4 rings (SSSR count). The first-order valence-electron chi connectivity index (χ1n) is 10.8. The fraction of sp³-hybridized carbons (Fsp3) is 0.440. The predicted octanol–water partition coefficient (Wildman–Crippen LogP) is 5.77. The number of carbonyl (C=O) groups is 1. The molecule has 0 bridgehead atoms. The maximum absolute atomic E-state index is 13.2. The second kappa shape index (κ2) is 8.72. The maximum atomic E-state index is 13.2. The third-order valence-electron chi connectivity index (χ3n) is 6.09. The van der Waals surface area contributed by atoms with Crippen molar-refractivity contribution >= 4 is 11.6 Å². The van der Waals surface area contributed by atoms with Gasteiger partial charge in [-0.2, -0.15) is 5.10 Å². The van der Waals surface area contributed by atoms with Crippen molar-refractivity contribution in [1.29, 1.82) is 0 Å². The molecular weight excluding hydrogens is 344 g/mol. The van der Waals surface area contributed by atoms with Crippen LogP contribution in [0, 0.1) is 5.92 Å². The van der Waals surface area contributed by atoms with E-state index in [1.54, 1.807) is 5.01 Å². The largest absolute Gasteiger partial charge is 0.273 e. The molecule has 2 atom stereocenters. The van der Waals surface area contributed by atoms with Crippen LogP contribution in [0.1, 0.15) is 63.4 Å². The van der Waals surface area contributed by atoms with E-state index in [2.05, 4.69) is 49.4 Å². The summed E-state index contributed by atoms with van der Waals surface area (Å²) in [6.45, 7) is 2.87. The van der Waals surface area contributed by atoms with Crippen molar-refractivity contribution in [3.63, 3.8) is 0 Å². The number of allylic oxidation sites excluding steroid dienone is 4. The summed E-state index contributed by atoms with van der Waals surface area (Å²) in [5, 5.41) is 6.52. The Balaban J connectivity index is 1.53. The number of fused-ring (bicyclic) bond motifs is 1. The minimum Gasteiger partial charge on any atom is -0.267 e. The zero-order valence-corrected chi connectivity index (χ0v) is 16.8. The van der Waals surface area contributed by atoms with Crippen LogP contribution in [0.3, 0.4) is 0 Å². The quantitative estimate of drug-likeness (QED) is 0.582. The highest BCUT2D eigenvalue weighted by Crippen LogP contribution is 2.33. The molecule has 0 radical (unpaired) electrons. The van der Waals surface area contributed by atoms with E-state index in [1.165, 1.54) is 30.4 Å². The lowest BCUT2D eigenvalue weighted by atomic mass is 9.83. The molecule has 3 aliphatic rings. The van der Waals surface area contributed by atoms with E-state index < -0.39 is 0 Å². The van der Waals surface area contributed by atoms with E-state index in [1.807, 2.05) is 12.1 Å². The molecule has 1 amide bonds. The lowest BCUT2D eigenvalue weighted by Gasteiger charge is -2.24. The molecule has 1 aromatic carbocycles. The number of hydrogen-bond donors (Lipinski definition) is 0. The molecule has 3 nitrogen and oxygen atoms in total. The van der Waals surface area contributed by atoms with Crippen LogP contribution in [0.15, 0.2) is 70.9 Å². The van der Waals surface area contributed by atoms with Crippen LogP contribution in [0.5, 0.6) is 0 Å². The average molecular weight is 375 g/mol. The first-order valence-corrected chi connectivity index (χ1v) is 10.8. The Bertz CT molecular complexity index is 831. The van der Waals surface area contributed by atoms with Gasteiger partial charge in [0, 0.05) is 23.1 Å². The summed E-state index contributed by atoms with van der Waals surface area (Å²) >= 11 is 0. The molecule has 1 aliphatic heterocycles. The van der Waals surface area contributed by atoms with Crippen LogP contribution < -0.4 is 0 Å². The fourth-order valence-electron chi connectivity index (χ4n) is 4.48. The summed E-state index contributed by atoms with van der Waals surface area (Å²) in [4.78, 5) is 13.2. The van der Waals surface area contributed by atoms with Gasteiger partial charge < -0.3 is 0 Å². The second-order valence-corrected chi connectivity index (χ2v) is 8.10. The first-order chi connectivity index (χ1) is 13.8. The smallest absolute Gasteiger partial charge is 0.267 e. The Morgan fingerprint density at radius 2 is 2.04 bits per heavy atom. The zero-order valence-electron chi connectivity index (χ0n) is 16.8. The number of amides is 1. The minimum absolute atomic E-state index is 0.0484. The highest BCUT2D eigenvalue weighted by atomic mass is 16.2. The summed E-state index contributed by atoms with van der Waals surface area (Å²) in [5.74, 6) is 0.672. The van der Waals surface area contributed by atoms with Crippen LogP contribution in [-0.4, -0.2) is 23.2 Å². The van der Waals surface area contributed by atoms with Gasteiger partial charge in [-0.3, -0.25) is 4.79 Å². The molecule has 0 N–H and O–H groups in total. The zero-order chi connectivity index (χ0) is 19.3. The number of nitrogens with zero attached hydrogens (tertiary/aromatic N) is 2. The molecule has 0 fully saturated rings. The Labute approximate surface area is 168 Å². The van der Waals surface area contributed by atoms with Crippen molar-refractivity contribution in [1.82, 2.24) is 5.01 Å². The van der Waals surface area contributed by atoms with Gasteiger partial charge in [-0.1, -0.05) is 68.3 Å². The lowest BCUT2D eigenvalue weighted by molar-refractivity contribution is -0.126. The number of hydrazone groups is 1. The van der Waals surface area contributed by atoms with E-state index in [0.29, 0.717) is 12.5 Å². The summed E-state index contributed by atoms with van der Waals surface area (Å²) < 4.78 is 0. The Morgan fingerprint density at radius 3 is 2.86 bits per heavy atom. The van der Waals surface area contributed by atoms with Crippen molar-refractivity contribution in [3.05, 3.63) is 71.3 Å². The predicted molar refractivity (Wildman–Crippen MR) is 115 cm³/mol. The van der Waals surface area contributed by atoms with E-state index in [-0.39, 0.29) is 11.8 Å². The number of carbonyl (C=O) groups excluding carboxylic acids is 1. The van der Waals surface area contributed by atoms with Crippen LogP contribution in [-0.2, 0) is 4.79 Å². The van der Waals surface area contributed by atoms with Crippen molar-refractivity contribution in [3.8, 4) is 0 Å². The van der Waals surface area contributed by atoms with Crippen molar-refractivity contribution < 1.29 is 4.79 Å². The second-order valence-electron chi connectivity index (χ2n) is 8.10. The average Bonchev–Trinajstić information content (AvgIpc) is 3.18. The van der Waals surface area contributed by atoms with Gasteiger partial charge in [0.05, 0.1) is 6.54 Å². The van der Waals surface area contributed by atoms with Crippen LogP contribution in [0.2, 0.25) is 0 Å². The van der Waals surface area contributed by atoms with E-state index in [4.69, 9.17) is 5.10 Å². The van der Waals surface area contributed by atoms with Gasteiger partial charge in [0.2, 0.25) is 0 Å². The van der Waals surface area contributed by atoms with Crippen LogP contribution in [0.4, 0.5) is 0 Å². The number of rotatable bonds is 6. The van der Waals surface area contributed by atoms with Gasteiger partial charge in [-0.05, 0) is 49.3 Å². The molecule has 0 saturated heterocycles. The van der Waals surface area contributed by atoms with Gasteiger partial charge >= 0.3 is 0 Å². The first kappa shape index (κ1) is 18.9. The summed E-state index contributed by atoms with van der Waals surface area (Å²) in [6.07, 6.45) is 16.6. The number of hydrogen-bond acceptors (Lipinski definition) is 2. The Morgan fingerprint density at radius 1 is 1.18 bits per heavy atom. The van der Waals surface area contributed by atoms with Crippen molar-refractivity contribution in [2.45, 2.75) is 57.8 Å². The molecule has 2 aliphatic carbocycles. The minimum atomic E-state index is 0.0484. The topological polar surface area (TPSA) is 32.7 Å². The molecule has 0 saturated carbocycles. The van der Waals surface area contributed by atoms with Crippen LogP contribution >= 0.6 is 0 Å². The van der Waals surface area contributed by atoms with Crippen molar-refractivity contribution in [2.24, 2.45) is 11.0 Å². The van der Waals surface area contributed by atoms with Gasteiger partial charge in [0.1, 0.15) is 0 Å². The summed E-state index contributed by atoms with van der Waals surface area (Å²) in [6, 6.07) is 10.5. The van der Waals surface area contributed by atoms with Gasteiger partial charge in [0.15, 0.2) is 0 Å². The third kappa shape index (κ3) is 4.04. The van der Waals surface area contributed by atoms with Crippen LogP contribution in [0.25, 0.3) is 0 Å². The lowest BCUT2D eigenvalue weighted by Crippen LogP contribution is -2.28. The summed E-state index contributed by atoms with van der Waals surface area (Å²) in [5.41, 5.74) is 4.59. The molecule has 1 aromatic rings. The van der Waals surface area contributed by atoms with Gasteiger partial charge in [0.25, 0.3) is 5.91 Å². The van der Waals surface area contributed by atoms with E-state index in [0.717, 1.165) is 37.0 Å². The number of unbranched alkanes of at least 4 members (excludes halogenated alkanes) is 2. The number of benzene rings is 1. The summed E-state index contributed by atoms with van der Waals surface area (Å²) in [7, 11) is 0. The fourth-order valence-corrected chi connectivity index (χ4v) is 4.48. The Hall–Kier alpha value is -2.42. The third-order valence-corrected chi connectivity index (χ3v) is 6.09. The normalized spacial score (nSPS) is 23.8. The van der Waals surface area contributed by atoms with Gasteiger partial charge in [-0.25, -0.2) is 5.01 Å². The molecule has 1 heterocycles. The standard InChI is InChI=1S/C25H30N2O/c1-2-3-5-14-24-23(20-11-6-4-7-12-20)18-27(26-24)25(28)22-16-15-19-10-8-9-13-21(19)17-22/h4,6-7,10-12,15-17,21,23H,2-3,5,8-9,13-14,18H2,1H3. The SMILES string of the molecule is CCCCCC1=NN(C(=O)C2=CC3CCCC=C3C=C2)CC1c1ccccc1. The molecule has 2 unspecified atom stereocenters. The monoisotopic (exact) mass is 374 g/mol. The molecule has 0 spiro atoms. The molecule has 146 valence electrons.